The van der Waals surface area contributed by atoms with Crippen molar-refractivity contribution in [3.05, 3.63) is 72.8 Å². The van der Waals surface area contributed by atoms with Crippen molar-refractivity contribution in [2.45, 2.75) is 39.2 Å². The van der Waals surface area contributed by atoms with E-state index in [2.05, 4.69) is 75.9 Å². The lowest BCUT2D eigenvalue weighted by Gasteiger charge is -2.43. The number of esters is 1. The minimum Gasteiger partial charge on any atom is -0.463 e. The van der Waals surface area contributed by atoms with Crippen LogP contribution in [-0.4, -0.2) is 27.5 Å². The highest BCUT2D eigenvalue weighted by Gasteiger charge is 2.50. The van der Waals surface area contributed by atoms with E-state index in [-0.39, 0.29) is 11.0 Å². The summed E-state index contributed by atoms with van der Waals surface area (Å²) in [7, 11) is -2.56. The molecule has 0 radical (unpaired) electrons. The predicted molar refractivity (Wildman–Crippen MR) is 114 cm³/mol. The summed E-state index contributed by atoms with van der Waals surface area (Å²) in [5.41, 5.74) is 0.454. The molecule has 0 saturated heterocycles. The maximum Gasteiger partial charge on any atom is 0.333 e. The zero-order chi connectivity index (χ0) is 19.9. The van der Waals surface area contributed by atoms with E-state index in [1.807, 2.05) is 12.1 Å². The van der Waals surface area contributed by atoms with Crippen LogP contribution in [0.25, 0.3) is 0 Å². The number of hydrogen-bond donors (Lipinski definition) is 0. The molecule has 0 spiro atoms. The Bertz CT molecular complexity index is 709. The van der Waals surface area contributed by atoms with Gasteiger partial charge in [0.25, 0.3) is 8.32 Å². The van der Waals surface area contributed by atoms with Crippen molar-refractivity contribution in [3.63, 3.8) is 0 Å². The van der Waals surface area contributed by atoms with Gasteiger partial charge in [-0.2, -0.15) is 0 Å². The minimum atomic E-state index is -2.56. The predicted octanol–water partition coefficient (Wildman–Crippen LogP) is 4.07. The highest BCUT2D eigenvalue weighted by atomic mass is 28.4. The van der Waals surface area contributed by atoms with Crippen LogP contribution in [0.3, 0.4) is 0 Å². The van der Waals surface area contributed by atoms with Crippen LogP contribution in [-0.2, 0) is 14.0 Å². The van der Waals surface area contributed by atoms with Gasteiger partial charge in [0.05, 0.1) is 6.61 Å². The Hall–Kier alpha value is -2.17. The Labute approximate surface area is 164 Å². The zero-order valence-corrected chi connectivity index (χ0v) is 17.8. The Morgan fingerprint density at radius 2 is 1.44 bits per heavy atom. The molecule has 0 atom stereocenters. The highest BCUT2D eigenvalue weighted by Crippen LogP contribution is 2.36. The van der Waals surface area contributed by atoms with E-state index in [9.17, 15) is 4.79 Å². The Balaban J connectivity index is 2.38. The number of carbonyl (C=O) groups excluding carboxylic acids is 1. The first kappa shape index (κ1) is 21.1. The molecule has 2 rings (SSSR count). The van der Waals surface area contributed by atoms with Gasteiger partial charge in [-0.05, 0) is 22.3 Å². The van der Waals surface area contributed by atoms with Gasteiger partial charge in [0.2, 0.25) is 0 Å². The lowest BCUT2D eigenvalue weighted by Crippen LogP contribution is -2.66. The molecule has 0 aliphatic carbocycles. The monoisotopic (exact) mass is 382 g/mol. The molecule has 0 bridgehead atoms. The maximum atomic E-state index is 11.9. The third-order valence-corrected chi connectivity index (χ3v) is 9.75. The lowest BCUT2D eigenvalue weighted by molar-refractivity contribution is -0.138. The second-order valence-electron chi connectivity index (χ2n) is 7.59. The Morgan fingerprint density at radius 3 is 1.85 bits per heavy atom. The van der Waals surface area contributed by atoms with Gasteiger partial charge < -0.3 is 9.16 Å². The van der Waals surface area contributed by atoms with E-state index in [0.29, 0.717) is 25.2 Å². The van der Waals surface area contributed by atoms with E-state index in [1.165, 1.54) is 10.4 Å². The van der Waals surface area contributed by atoms with E-state index in [1.54, 1.807) is 6.92 Å². The summed E-state index contributed by atoms with van der Waals surface area (Å²) in [4.78, 5) is 11.9. The third kappa shape index (κ3) is 4.76. The fourth-order valence-corrected chi connectivity index (χ4v) is 7.99. The van der Waals surface area contributed by atoms with Gasteiger partial charge in [-0.1, -0.05) is 88.0 Å². The van der Waals surface area contributed by atoms with Crippen LogP contribution >= 0.6 is 0 Å². The molecule has 0 amide bonds. The standard InChI is InChI=1S/C23H30O3Si/c1-6-25-22(24)19(2)17-18-26-27(23(3,4)5,20-13-9-7-10-14-20)21-15-11-8-12-16-21/h7-16H,2,6,17-18H2,1,3-5H3. The summed E-state index contributed by atoms with van der Waals surface area (Å²) in [5.74, 6) is -0.344. The van der Waals surface area contributed by atoms with Gasteiger partial charge in [0.15, 0.2) is 0 Å². The summed E-state index contributed by atoms with van der Waals surface area (Å²) in [6, 6.07) is 20.9. The summed E-state index contributed by atoms with van der Waals surface area (Å²) in [6.07, 6.45) is 0.462. The first-order valence-electron chi connectivity index (χ1n) is 9.43. The van der Waals surface area contributed by atoms with Crippen molar-refractivity contribution in [1.82, 2.24) is 0 Å². The molecule has 0 unspecified atom stereocenters. The molecular formula is C23H30O3Si. The normalized spacial score (nSPS) is 11.9. The molecule has 0 aliphatic heterocycles. The summed E-state index contributed by atoms with van der Waals surface area (Å²) in [5, 5.41) is 2.37. The average Bonchev–Trinajstić information content (AvgIpc) is 2.65. The first-order valence-corrected chi connectivity index (χ1v) is 11.3. The molecule has 0 saturated carbocycles. The molecule has 0 aliphatic rings. The molecule has 27 heavy (non-hydrogen) atoms. The quantitative estimate of drug-likeness (QED) is 0.392. The van der Waals surface area contributed by atoms with Gasteiger partial charge in [-0.15, -0.1) is 0 Å². The topological polar surface area (TPSA) is 35.5 Å². The SMILES string of the molecule is C=C(CCO[Si](c1ccccc1)(c1ccccc1)C(C)(C)C)C(=O)OCC. The van der Waals surface area contributed by atoms with Crippen LogP contribution in [0.2, 0.25) is 5.04 Å². The molecule has 144 valence electrons. The van der Waals surface area contributed by atoms with E-state index in [4.69, 9.17) is 9.16 Å². The zero-order valence-electron chi connectivity index (χ0n) is 16.8. The van der Waals surface area contributed by atoms with Crippen molar-refractivity contribution >= 4 is 24.7 Å². The summed E-state index contributed by atoms with van der Waals surface area (Å²) < 4.78 is 11.8. The van der Waals surface area contributed by atoms with E-state index in [0.717, 1.165) is 0 Å². The van der Waals surface area contributed by atoms with Gasteiger partial charge in [-0.3, -0.25) is 0 Å². The van der Waals surface area contributed by atoms with Crippen LogP contribution in [0.1, 0.15) is 34.1 Å². The number of benzene rings is 2. The van der Waals surface area contributed by atoms with Crippen molar-refractivity contribution in [1.29, 1.82) is 0 Å². The highest BCUT2D eigenvalue weighted by molar-refractivity contribution is 6.99. The summed E-state index contributed by atoms with van der Waals surface area (Å²) in [6.45, 7) is 13.2. The van der Waals surface area contributed by atoms with Gasteiger partial charge in [0, 0.05) is 18.6 Å². The molecule has 0 heterocycles. The number of hydrogen-bond acceptors (Lipinski definition) is 3. The van der Waals surface area contributed by atoms with Gasteiger partial charge in [0.1, 0.15) is 0 Å². The molecule has 2 aromatic carbocycles. The smallest absolute Gasteiger partial charge is 0.333 e. The Kier molecular flexibility index (Phi) is 7.16. The fourth-order valence-electron chi connectivity index (χ4n) is 3.42. The van der Waals surface area contributed by atoms with Crippen molar-refractivity contribution in [2.75, 3.05) is 13.2 Å². The van der Waals surface area contributed by atoms with Crippen LogP contribution in [0.4, 0.5) is 0 Å². The van der Waals surface area contributed by atoms with Gasteiger partial charge >= 0.3 is 5.97 Å². The second-order valence-corrected chi connectivity index (χ2v) is 11.9. The molecular weight excluding hydrogens is 352 g/mol. The molecule has 0 aromatic heterocycles. The molecule has 0 fully saturated rings. The largest absolute Gasteiger partial charge is 0.463 e. The van der Waals surface area contributed by atoms with E-state index < -0.39 is 8.32 Å². The number of rotatable bonds is 8. The van der Waals surface area contributed by atoms with E-state index >= 15 is 0 Å². The van der Waals surface area contributed by atoms with Crippen molar-refractivity contribution < 1.29 is 14.0 Å². The second kappa shape index (κ2) is 9.15. The van der Waals surface area contributed by atoms with Crippen LogP contribution in [0, 0.1) is 0 Å². The molecule has 2 aromatic rings. The average molecular weight is 383 g/mol. The maximum absolute atomic E-state index is 11.9. The number of carbonyl (C=O) groups is 1. The summed E-state index contributed by atoms with van der Waals surface area (Å²) >= 11 is 0. The first-order chi connectivity index (χ1) is 12.8. The molecule has 4 heteroatoms. The van der Waals surface area contributed by atoms with Crippen LogP contribution < -0.4 is 10.4 Å². The number of ether oxygens (including phenoxy) is 1. The van der Waals surface area contributed by atoms with Crippen LogP contribution in [0.5, 0.6) is 0 Å². The van der Waals surface area contributed by atoms with Gasteiger partial charge in [-0.25, -0.2) is 4.79 Å². The van der Waals surface area contributed by atoms with Crippen molar-refractivity contribution in [2.24, 2.45) is 0 Å². The minimum absolute atomic E-state index is 0.0824. The molecule has 3 nitrogen and oxygen atoms in total. The fraction of sp³-hybridized carbons (Fsp3) is 0.348. The third-order valence-electron chi connectivity index (χ3n) is 4.70. The van der Waals surface area contributed by atoms with Crippen molar-refractivity contribution in [3.8, 4) is 0 Å². The molecule has 0 N–H and O–H groups in total. The Morgan fingerprint density at radius 1 is 0.963 bits per heavy atom. The lowest BCUT2D eigenvalue weighted by atomic mass is 10.2. The van der Waals surface area contributed by atoms with Crippen LogP contribution in [0.15, 0.2) is 72.8 Å².